The minimum atomic E-state index is -0.127. The van der Waals surface area contributed by atoms with E-state index in [2.05, 4.69) is 31.9 Å². The second-order valence-corrected chi connectivity index (χ2v) is 3.27. The standard InChI is InChI=1S/C3H4Br2O.C3H4Cl2O/c2*4-1-3(6)2-5/h2*1-2H2. The molecule has 0 radical (unpaired) electrons. The van der Waals surface area contributed by atoms with Crippen molar-refractivity contribution < 1.29 is 9.59 Å². The van der Waals surface area contributed by atoms with Gasteiger partial charge in [-0.05, 0) is 0 Å². The summed E-state index contributed by atoms with van der Waals surface area (Å²) < 4.78 is 0. The van der Waals surface area contributed by atoms with Crippen LogP contribution in [-0.2, 0) is 9.59 Å². The van der Waals surface area contributed by atoms with E-state index >= 15 is 0 Å². The molecule has 0 spiro atoms. The lowest BCUT2D eigenvalue weighted by molar-refractivity contribution is -0.115. The topological polar surface area (TPSA) is 34.1 Å². The van der Waals surface area contributed by atoms with Gasteiger partial charge in [-0.3, -0.25) is 9.59 Å². The molecule has 0 saturated heterocycles. The molecule has 6 heteroatoms. The smallest absolute Gasteiger partial charge is 0.162 e. The lowest BCUT2D eigenvalue weighted by atomic mass is 10.5. The summed E-state index contributed by atoms with van der Waals surface area (Å²) in [7, 11) is 0. The number of ketones is 2. The summed E-state index contributed by atoms with van der Waals surface area (Å²) in [6.45, 7) is 0. The molecule has 0 rings (SSSR count). The molecule has 0 bridgehead atoms. The van der Waals surface area contributed by atoms with Crippen molar-refractivity contribution in [3.05, 3.63) is 0 Å². The Balaban J connectivity index is 0. The molecule has 0 aliphatic rings. The molecule has 0 fully saturated rings. The Morgan fingerprint density at radius 3 is 1.25 bits per heavy atom. The van der Waals surface area contributed by atoms with Crippen LogP contribution >= 0.6 is 55.1 Å². The number of hydrogen-bond donors (Lipinski definition) is 0. The summed E-state index contributed by atoms with van der Waals surface area (Å²) in [5, 5.41) is 0.913. The van der Waals surface area contributed by atoms with Crippen molar-refractivity contribution in [2.45, 2.75) is 0 Å². The van der Waals surface area contributed by atoms with Gasteiger partial charge in [0.05, 0.1) is 22.4 Å². The normalized spacial score (nSPS) is 8.33. The molecular formula is C6H8Br2Cl2O2. The second kappa shape index (κ2) is 11.9. The number of carbonyl (C=O) groups is 2. The highest BCUT2D eigenvalue weighted by Gasteiger charge is 1.91. The minimum absolute atomic E-state index is 0.0312. The predicted molar refractivity (Wildman–Crippen MR) is 59.0 cm³/mol. The molecule has 0 amide bonds. The van der Waals surface area contributed by atoms with Crippen molar-refractivity contribution >= 4 is 66.6 Å². The summed E-state index contributed by atoms with van der Waals surface area (Å²) in [5.74, 6) is 0.112. The zero-order valence-electron chi connectivity index (χ0n) is 6.16. The van der Waals surface area contributed by atoms with Gasteiger partial charge in [-0.15, -0.1) is 23.2 Å². The zero-order chi connectivity index (χ0) is 9.98. The number of alkyl halides is 4. The number of carbonyl (C=O) groups excluding carboxylic acids is 2. The van der Waals surface area contributed by atoms with Gasteiger partial charge in [0, 0.05) is 0 Å². The van der Waals surface area contributed by atoms with Crippen LogP contribution in [0.15, 0.2) is 0 Å². The number of rotatable bonds is 4. The first-order valence-corrected chi connectivity index (χ1v) is 6.20. The molecular weight excluding hydrogens is 335 g/mol. The Kier molecular flexibility index (Phi) is 15.2. The largest absolute Gasteiger partial charge is 0.298 e. The maximum Gasteiger partial charge on any atom is 0.162 e. The van der Waals surface area contributed by atoms with Crippen molar-refractivity contribution in [1.29, 1.82) is 0 Å². The Labute approximate surface area is 98.2 Å². The van der Waals surface area contributed by atoms with Crippen molar-refractivity contribution in [3.8, 4) is 0 Å². The number of Topliss-reactive ketones (excluding diaryl/α,β-unsaturated/α-hetero) is 2. The van der Waals surface area contributed by atoms with Gasteiger partial charge in [0.2, 0.25) is 0 Å². The van der Waals surface area contributed by atoms with Gasteiger partial charge in [-0.25, -0.2) is 0 Å². The first kappa shape index (κ1) is 15.4. The van der Waals surface area contributed by atoms with Gasteiger partial charge in [-0.1, -0.05) is 31.9 Å². The van der Waals surface area contributed by atoms with Crippen LogP contribution in [0.25, 0.3) is 0 Å². The van der Waals surface area contributed by atoms with Crippen LogP contribution in [0.2, 0.25) is 0 Å². The van der Waals surface area contributed by atoms with Crippen LogP contribution in [0.4, 0.5) is 0 Å². The fourth-order valence-electron chi connectivity index (χ4n) is 0.0714. The van der Waals surface area contributed by atoms with E-state index < -0.39 is 0 Å². The van der Waals surface area contributed by atoms with E-state index in [1.165, 1.54) is 0 Å². The first-order valence-electron chi connectivity index (χ1n) is 2.89. The second-order valence-electron chi connectivity index (χ2n) is 1.61. The number of hydrogen-bond acceptors (Lipinski definition) is 2. The SMILES string of the molecule is O=C(CBr)CBr.O=C(CCl)CCl. The maximum atomic E-state index is 10.1. The zero-order valence-corrected chi connectivity index (χ0v) is 10.8. The Morgan fingerprint density at radius 2 is 1.25 bits per heavy atom. The molecule has 0 aliphatic heterocycles. The highest BCUT2D eigenvalue weighted by Crippen LogP contribution is 1.86. The molecule has 0 aromatic rings. The average Bonchev–Trinajstić information content (AvgIpc) is 2.16. The maximum absolute atomic E-state index is 10.1. The van der Waals surface area contributed by atoms with Crippen LogP contribution in [0.5, 0.6) is 0 Å². The molecule has 0 heterocycles. The summed E-state index contributed by atoms with van der Waals surface area (Å²) in [5.41, 5.74) is 0. The van der Waals surface area contributed by atoms with E-state index in [1.54, 1.807) is 0 Å². The molecule has 72 valence electrons. The minimum Gasteiger partial charge on any atom is -0.298 e. The third-order valence-electron chi connectivity index (χ3n) is 0.596. The molecule has 0 N–H and O–H groups in total. The number of halogens is 4. The third kappa shape index (κ3) is 13.5. The summed E-state index contributed by atoms with van der Waals surface area (Å²) in [4.78, 5) is 20.0. The molecule has 0 aliphatic carbocycles. The van der Waals surface area contributed by atoms with E-state index in [-0.39, 0.29) is 23.3 Å². The van der Waals surface area contributed by atoms with Gasteiger partial charge in [0.15, 0.2) is 11.6 Å². The molecule has 2 nitrogen and oxygen atoms in total. The fraction of sp³-hybridized carbons (Fsp3) is 0.667. The van der Waals surface area contributed by atoms with Gasteiger partial charge in [-0.2, -0.15) is 0 Å². The van der Waals surface area contributed by atoms with Crippen LogP contribution < -0.4 is 0 Å². The van der Waals surface area contributed by atoms with Crippen LogP contribution in [-0.4, -0.2) is 34.0 Å². The molecule has 0 saturated carbocycles. The van der Waals surface area contributed by atoms with Crippen LogP contribution in [0.1, 0.15) is 0 Å². The van der Waals surface area contributed by atoms with E-state index in [1.807, 2.05) is 0 Å². The van der Waals surface area contributed by atoms with Gasteiger partial charge in [0.25, 0.3) is 0 Å². The average molecular weight is 343 g/mol. The fourth-order valence-corrected chi connectivity index (χ4v) is 1.29. The molecule has 12 heavy (non-hydrogen) atoms. The van der Waals surface area contributed by atoms with Crippen LogP contribution in [0, 0.1) is 0 Å². The Morgan fingerprint density at radius 1 is 0.917 bits per heavy atom. The quantitative estimate of drug-likeness (QED) is 0.735. The monoisotopic (exact) mass is 340 g/mol. The van der Waals surface area contributed by atoms with Gasteiger partial charge < -0.3 is 0 Å². The molecule has 0 aromatic heterocycles. The highest BCUT2D eigenvalue weighted by molar-refractivity contribution is 9.10. The summed E-state index contributed by atoms with van der Waals surface area (Å²) in [6.07, 6.45) is 0. The Bertz CT molecular complexity index is 114. The summed E-state index contributed by atoms with van der Waals surface area (Å²) >= 11 is 16.0. The lowest BCUT2D eigenvalue weighted by Gasteiger charge is -1.78. The van der Waals surface area contributed by atoms with E-state index in [0.717, 1.165) is 0 Å². The Hall–Kier alpha value is 0.880. The van der Waals surface area contributed by atoms with E-state index in [4.69, 9.17) is 23.2 Å². The first-order chi connectivity index (χ1) is 5.62. The molecule has 0 unspecified atom stereocenters. The third-order valence-corrected chi connectivity index (χ3v) is 2.44. The molecule has 0 atom stereocenters. The lowest BCUT2D eigenvalue weighted by Crippen LogP contribution is -1.98. The van der Waals surface area contributed by atoms with Crippen molar-refractivity contribution in [2.24, 2.45) is 0 Å². The van der Waals surface area contributed by atoms with E-state index in [0.29, 0.717) is 10.7 Å². The van der Waals surface area contributed by atoms with Gasteiger partial charge >= 0.3 is 0 Å². The highest BCUT2D eigenvalue weighted by atomic mass is 79.9. The van der Waals surface area contributed by atoms with Crippen molar-refractivity contribution in [3.63, 3.8) is 0 Å². The van der Waals surface area contributed by atoms with Crippen molar-refractivity contribution in [2.75, 3.05) is 22.4 Å². The van der Waals surface area contributed by atoms with Crippen molar-refractivity contribution in [1.82, 2.24) is 0 Å². The predicted octanol–water partition coefficient (Wildman–Crippen LogP) is 2.38. The summed E-state index contributed by atoms with van der Waals surface area (Å²) in [6, 6.07) is 0. The van der Waals surface area contributed by atoms with Crippen LogP contribution in [0.3, 0.4) is 0 Å². The molecule has 0 aromatic carbocycles. The van der Waals surface area contributed by atoms with E-state index in [9.17, 15) is 9.59 Å². The van der Waals surface area contributed by atoms with Gasteiger partial charge in [0.1, 0.15) is 0 Å².